The molecule has 16 heavy (non-hydrogen) atoms. The van der Waals surface area contributed by atoms with E-state index in [2.05, 4.69) is 13.8 Å². The molecule has 0 aromatic heterocycles. The summed E-state index contributed by atoms with van der Waals surface area (Å²) in [4.78, 5) is 0. The number of unbranched alkanes of at least 4 members (excludes halogenated alkanes) is 6. The van der Waals surface area contributed by atoms with E-state index in [4.69, 9.17) is 0 Å². The standard InChI is InChI=1S/C15H30O/c1-4-5-6-7-8-9-10-11-15(3,16)14(2)12-13-14/h16H,4-13H2,1-3H3. The van der Waals surface area contributed by atoms with Crippen LogP contribution < -0.4 is 0 Å². The summed E-state index contributed by atoms with van der Waals surface area (Å²) in [5, 5.41) is 10.4. The highest BCUT2D eigenvalue weighted by atomic mass is 16.3. The largest absolute Gasteiger partial charge is 0.390 e. The zero-order chi connectivity index (χ0) is 12.1. The molecule has 1 N–H and O–H groups in total. The van der Waals surface area contributed by atoms with Gasteiger partial charge in [-0.25, -0.2) is 0 Å². The van der Waals surface area contributed by atoms with E-state index < -0.39 is 5.60 Å². The van der Waals surface area contributed by atoms with Gasteiger partial charge in [-0.1, -0.05) is 58.8 Å². The minimum absolute atomic E-state index is 0.245. The van der Waals surface area contributed by atoms with Gasteiger partial charge >= 0.3 is 0 Å². The quantitative estimate of drug-likeness (QED) is 0.566. The summed E-state index contributed by atoms with van der Waals surface area (Å²) < 4.78 is 0. The monoisotopic (exact) mass is 226 g/mol. The van der Waals surface area contributed by atoms with Gasteiger partial charge < -0.3 is 5.11 Å². The maximum Gasteiger partial charge on any atom is 0.0673 e. The van der Waals surface area contributed by atoms with E-state index in [0.29, 0.717) is 0 Å². The van der Waals surface area contributed by atoms with Crippen molar-refractivity contribution in [1.29, 1.82) is 0 Å². The Labute approximate surface area is 102 Å². The molecule has 1 nitrogen and oxygen atoms in total. The molecule has 0 aromatic carbocycles. The smallest absolute Gasteiger partial charge is 0.0673 e. The van der Waals surface area contributed by atoms with Gasteiger partial charge in [0.05, 0.1) is 5.60 Å². The molecule has 1 saturated carbocycles. The molecule has 0 bridgehead atoms. The third-order valence-electron chi connectivity index (χ3n) is 4.57. The van der Waals surface area contributed by atoms with E-state index in [1.54, 1.807) is 0 Å². The van der Waals surface area contributed by atoms with Crippen LogP contribution in [0.2, 0.25) is 0 Å². The van der Waals surface area contributed by atoms with E-state index in [9.17, 15) is 5.11 Å². The number of aliphatic hydroxyl groups is 1. The van der Waals surface area contributed by atoms with E-state index in [0.717, 1.165) is 6.42 Å². The topological polar surface area (TPSA) is 20.2 Å². The minimum atomic E-state index is -0.406. The normalized spacial score (nSPS) is 21.8. The van der Waals surface area contributed by atoms with Crippen molar-refractivity contribution >= 4 is 0 Å². The van der Waals surface area contributed by atoms with Crippen LogP contribution in [0.25, 0.3) is 0 Å². The van der Waals surface area contributed by atoms with Gasteiger partial charge in [-0.2, -0.15) is 0 Å². The molecule has 1 atom stereocenters. The highest BCUT2D eigenvalue weighted by molar-refractivity contribution is 5.02. The molecule has 0 radical (unpaired) electrons. The molecule has 0 aromatic rings. The van der Waals surface area contributed by atoms with Crippen molar-refractivity contribution in [3.05, 3.63) is 0 Å². The average molecular weight is 226 g/mol. The third-order valence-corrected chi connectivity index (χ3v) is 4.57. The van der Waals surface area contributed by atoms with Crippen LogP contribution in [-0.4, -0.2) is 10.7 Å². The summed E-state index contributed by atoms with van der Waals surface area (Å²) in [5.74, 6) is 0. The molecule has 0 saturated heterocycles. The summed E-state index contributed by atoms with van der Waals surface area (Å²) in [7, 11) is 0. The Bertz CT molecular complexity index is 192. The third kappa shape index (κ3) is 4.08. The Morgan fingerprint density at radius 3 is 2.00 bits per heavy atom. The fourth-order valence-electron chi connectivity index (χ4n) is 2.45. The van der Waals surface area contributed by atoms with Crippen LogP contribution in [0.4, 0.5) is 0 Å². The molecule has 96 valence electrons. The zero-order valence-electron chi connectivity index (χ0n) is 11.5. The molecular weight excluding hydrogens is 196 g/mol. The first-order chi connectivity index (χ1) is 7.52. The van der Waals surface area contributed by atoms with Gasteiger partial charge in [-0.05, 0) is 31.6 Å². The maximum absolute atomic E-state index is 10.4. The lowest BCUT2D eigenvalue weighted by Crippen LogP contribution is -2.34. The van der Waals surface area contributed by atoms with Crippen molar-refractivity contribution in [2.45, 2.75) is 90.6 Å². The number of rotatable bonds is 9. The molecule has 1 unspecified atom stereocenters. The molecule has 1 aliphatic carbocycles. The van der Waals surface area contributed by atoms with Gasteiger partial charge in [0, 0.05) is 0 Å². The average Bonchev–Trinajstić information content (AvgIpc) is 2.97. The van der Waals surface area contributed by atoms with Crippen LogP contribution in [0.5, 0.6) is 0 Å². The van der Waals surface area contributed by atoms with Gasteiger partial charge in [0.15, 0.2) is 0 Å². The molecule has 1 heteroatoms. The van der Waals surface area contributed by atoms with Crippen molar-refractivity contribution in [2.75, 3.05) is 0 Å². The van der Waals surface area contributed by atoms with E-state index in [1.807, 2.05) is 6.92 Å². The SMILES string of the molecule is CCCCCCCCCC(C)(O)C1(C)CC1. The summed E-state index contributed by atoms with van der Waals surface area (Å²) in [6, 6.07) is 0. The predicted octanol–water partition coefficient (Wildman–Crippen LogP) is 4.68. The van der Waals surface area contributed by atoms with Gasteiger partial charge in [0.2, 0.25) is 0 Å². The summed E-state index contributed by atoms with van der Waals surface area (Å²) in [6.45, 7) is 6.53. The van der Waals surface area contributed by atoms with Crippen LogP contribution in [0.15, 0.2) is 0 Å². The minimum Gasteiger partial charge on any atom is -0.390 e. The van der Waals surface area contributed by atoms with Gasteiger partial charge in [-0.3, -0.25) is 0 Å². The van der Waals surface area contributed by atoms with E-state index in [-0.39, 0.29) is 5.41 Å². The second-order valence-corrected chi connectivity index (χ2v) is 6.21. The zero-order valence-corrected chi connectivity index (χ0v) is 11.5. The predicted molar refractivity (Wildman–Crippen MR) is 70.6 cm³/mol. The molecule has 0 heterocycles. The first kappa shape index (κ1) is 14.0. The van der Waals surface area contributed by atoms with E-state index in [1.165, 1.54) is 57.8 Å². The number of hydrogen-bond donors (Lipinski definition) is 1. The van der Waals surface area contributed by atoms with Crippen molar-refractivity contribution in [1.82, 2.24) is 0 Å². The first-order valence-electron chi connectivity index (χ1n) is 7.24. The molecular formula is C15H30O. The Balaban J connectivity index is 1.98. The molecule has 1 aliphatic rings. The lowest BCUT2D eigenvalue weighted by atomic mass is 9.83. The fraction of sp³-hybridized carbons (Fsp3) is 1.00. The van der Waals surface area contributed by atoms with Crippen LogP contribution in [0.3, 0.4) is 0 Å². The van der Waals surface area contributed by atoms with Crippen LogP contribution in [-0.2, 0) is 0 Å². The fourth-order valence-corrected chi connectivity index (χ4v) is 2.45. The molecule has 0 spiro atoms. The van der Waals surface area contributed by atoms with Crippen LogP contribution in [0.1, 0.15) is 85.0 Å². The second kappa shape index (κ2) is 6.05. The second-order valence-electron chi connectivity index (χ2n) is 6.21. The lowest BCUT2D eigenvalue weighted by molar-refractivity contribution is -0.0173. The lowest BCUT2D eigenvalue weighted by Gasteiger charge is -2.30. The van der Waals surface area contributed by atoms with Crippen molar-refractivity contribution in [3.8, 4) is 0 Å². The number of hydrogen-bond acceptors (Lipinski definition) is 1. The summed E-state index contributed by atoms with van der Waals surface area (Å²) in [5.41, 5.74) is -0.161. The summed E-state index contributed by atoms with van der Waals surface area (Å²) in [6.07, 6.45) is 12.8. The molecule has 0 aliphatic heterocycles. The Morgan fingerprint density at radius 2 is 1.50 bits per heavy atom. The van der Waals surface area contributed by atoms with Crippen molar-refractivity contribution < 1.29 is 5.11 Å². The Kier molecular flexibility index (Phi) is 5.30. The van der Waals surface area contributed by atoms with Gasteiger partial charge in [0.25, 0.3) is 0 Å². The Morgan fingerprint density at radius 1 is 1.00 bits per heavy atom. The van der Waals surface area contributed by atoms with E-state index >= 15 is 0 Å². The Hall–Kier alpha value is -0.0400. The summed E-state index contributed by atoms with van der Waals surface area (Å²) >= 11 is 0. The highest BCUT2D eigenvalue weighted by Crippen LogP contribution is 2.55. The van der Waals surface area contributed by atoms with Gasteiger partial charge in [-0.15, -0.1) is 0 Å². The molecule has 1 rings (SSSR count). The van der Waals surface area contributed by atoms with Crippen molar-refractivity contribution in [2.24, 2.45) is 5.41 Å². The maximum atomic E-state index is 10.4. The van der Waals surface area contributed by atoms with Gasteiger partial charge in [0.1, 0.15) is 0 Å². The van der Waals surface area contributed by atoms with Crippen LogP contribution >= 0.6 is 0 Å². The highest BCUT2D eigenvalue weighted by Gasteiger charge is 2.51. The first-order valence-corrected chi connectivity index (χ1v) is 7.24. The van der Waals surface area contributed by atoms with Crippen LogP contribution in [0, 0.1) is 5.41 Å². The molecule has 0 amide bonds. The van der Waals surface area contributed by atoms with Crippen molar-refractivity contribution in [3.63, 3.8) is 0 Å². The molecule has 1 fully saturated rings.